The minimum absolute atomic E-state index is 0.0792. The van der Waals surface area contributed by atoms with Crippen LogP contribution in [0.15, 0.2) is 36.9 Å². The third kappa shape index (κ3) is 3.01. The van der Waals surface area contributed by atoms with E-state index in [2.05, 4.69) is 10.1 Å². The molecule has 1 saturated heterocycles. The van der Waals surface area contributed by atoms with E-state index in [1.165, 1.54) is 6.33 Å². The Morgan fingerprint density at radius 3 is 2.77 bits per heavy atom. The second-order valence-corrected chi connectivity index (χ2v) is 5.90. The number of piperidine rings is 1. The highest BCUT2D eigenvalue weighted by molar-refractivity contribution is 5.94. The molecule has 0 unspecified atom stereocenters. The van der Waals surface area contributed by atoms with Gasteiger partial charge in [-0.1, -0.05) is 0 Å². The molecule has 1 amide bonds. The summed E-state index contributed by atoms with van der Waals surface area (Å²) in [6, 6.07) is 7.58. The van der Waals surface area contributed by atoms with Gasteiger partial charge in [0.25, 0.3) is 5.91 Å². The van der Waals surface area contributed by atoms with Gasteiger partial charge < -0.3 is 10.6 Å². The number of aromatic nitrogens is 3. The fourth-order valence-electron chi connectivity index (χ4n) is 2.90. The maximum Gasteiger partial charge on any atom is 0.253 e. The summed E-state index contributed by atoms with van der Waals surface area (Å²) in [5.74, 6) is 0.475. The van der Waals surface area contributed by atoms with Crippen molar-refractivity contribution in [1.29, 1.82) is 0 Å². The molecule has 6 heteroatoms. The van der Waals surface area contributed by atoms with E-state index in [1.54, 1.807) is 11.0 Å². The lowest BCUT2D eigenvalue weighted by atomic mass is 9.92. The number of benzene rings is 1. The van der Waals surface area contributed by atoms with Gasteiger partial charge in [0.15, 0.2) is 0 Å². The number of hydrogen-bond donors (Lipinski definition) is 1. The van der Waals surface area contributed by atoms with Crippen molar-refractivity contribution in [2.75, 3.05) is 13.1 Å². The first-order valence-corrected chi connectivity index (χ1v) is 7.65. The summed E-state index contributed by atoms with van der Waals surface area (Å²) in [6.07, 6.45) is 5.25. The first-order chi connectivity index (χ1) is 10.6. The Labute approximate surface area is 129 Å². The monoisotopic (exact) mass is 299 g/mol. The van der Waals surface area contributed by atoms with Gasteiger partial charge in [-0.2, -0.15) is 5.10 Å². The zero-order valence-corrected chi connectivity index (χ0v) is 12.7. The normalized spacial score (nSPS) is 19.9. The van der Waals surface area contributed by atoms with Gasteiger partial charge in [0.05, 0.1) is 5.69 Å². The van der Waals surface area contributed by atoms with Crippen molar-refractivity contribution in [3.63, 3.8) is 0 Å². The van der Waals surface area contributed by atoms with Crippen LogP contribution in [0.3, 0.4) is 0 Å². The Balaban J connectivity index is 1.72. The van der Waals surface area contributed by atoms with E-state index in [0.717, 1.165) is 31.6 Å². The number of amides is 1. The van der Waals surface area contributed by atoms with Crippen molar-refractivity contribution in [3.8, 4) is 5.69 Å². The molecule has 2 N–H and O–H groups in total. The van der Waals surface area contributed by atoms with Crippen LogP contribution in [0.25, 0.3) is 5.69 Å². The molecular weight excluding hydrogens is 278 g/mol. The van der Waals surface area contributed by atoms with Gasteiger partial charge in [0.1, 0.15) is 12.7 Å². The summed E-state index contributed by atoms with van der Waals surface area (Å²) in [4.78, 5) is 18.5. The molecule has 116 valence electrons. The van der Waals surface area contributed by atoms with Gasteiger partial charge in [-0.25, -0.2) is 9.67 Å². The van der Waals surface area contributed by atoms with Crippen LogP contribution < -0.4 is 5.73 Å². The SMILES string of the molecule is C[C@H](N)[C@H]1CCCN(C(=O)c2ccc(-n3cncn3)cc2)C1. The van der Waals surface area contributed by atoms with Crippen LogP contribution >= 0.6 is 0 Å². The van der Waals surface area contributed by atoms with Crippen molar-refractivity contribution in [1.82, 2.24) is 19.7 Å². The molecule has 3 rings (SSSR count). The van der Waals surface area contributed by atoms with Gasteiger partial charge in [0, 0.05) is 24.7 Å². The molecule has 1 aromatic heterocycles. The van der Waals surface area contributed by atoms with E-state index < -0.39 is 0 Å². The molecule has 2 heterocycles. The zero-order valence-electron chi connectivity index (χ0n) is 12.7. The van der Waals surface area contributed by atoms with Gasteiger partial charge in [-0.3, -0.25) is 4.79 Å². The van der Waals surface area contributed by atoms with Gasteiger partial charge >= 0.3 is 0 Å². The third-order valence-electron chi connectivity index (χ3n) is 4.29. The summed E-state index contributed by atoms with van der Waals surface area (Å²) in [7, 11) is 0. The summed E-state index contributed by atoms with van der Waals surface area (Å²) < 4.78 is 1.67. The number of rotatable bonds is 3. The van der Waals surface area contributed by atoms with E-state index in [9.17, 15) is 4.79 Å². The fourth-order valence-corrected chi connectivity index (χ4v) is 2.90. The first-order valence-electron chi connectivity index (χ1n) is 7.65. The quantitative estimate of drug-likeness (QED) is 0.931. The highest BCUT2D eigenvalue weighted by Gasteiger charge is 2.26. The highest BCUT2D eigenvalue weighted by Crippen LogP contribution is 2.21. The van der Waals surface area contributed by atoms with Crippen molar-refractivity contribution < 1.29 is 4.79 Å². The van der Waals surface area contributed by atoms with Crippen molar-refractivity contribution >= 4 is 5.91 Å². The molecule has 2 atom stereocenters. The molecule has 1 aliphatic heterocycles. The third-order valence-corrected chi connectivity index (χ3v) is 4.29. The molecule has 0 bridgehead atoms. The molecule has 6 nitrogen and oxygen atoms in total. The number of likely N-dealkylation sites (tertiary alicyclic amines) is 1. The lowest BCUT2D eigenvalue weighted by Gasteiger charge is -2.34. The standard InChI is InChI=1S/C16H21N5O/c1-12(17)14-3-2-8-20(9-14)16(22)13-4-6-15(7-5-13)21-11-18-10-19-21/h4-7,10-12,14H,2-3,8-9,17H2,1H3/t12-,14-/m0/s1. The van der Waals surface area contributed by atoms with Crippen LogP contribution in [0.2, 0.25) is 0 Å². The molecule has 0 spiro atoms. The Morgan fingerprint density at radius 2 is 2.14 bits per heavy atom. The molecule has 22 heavy (non-hydrogen) atoms. The van der Waals surface area contributed by atoms with E-state index in [4.69, 9.17) is 5.73 Å². The number of carbonyl (C=O) groups is 1. The van der Waals surface area contributed by atoms with Crippen LogP contribution in [0.5, 0.6) is 0 Å². The first kappa shape index (κ1) is 14.7. The second kappa shape index (κ2) is 6.27. The van der Waals surface area contributed by atoms with E-state index in [-0.39, 0.29) is 11.9 Å². The van der Waals surface area contributed by atoms with Crippen LogP contribution in [0.4, 0.5) is 0 Å². The fraction of sp³-hybridized carbons (Fsp3) is 0.438. The smallest absolute Gasteiger partial charge is 0.253 e. The Morgan fingerprint density at radius 1 is 1.36 bits per heavy atom. The predicted molar refractivity (Wildman–Crippen MR) is 83.6 cm³/mol. The molecule has 1 aliphatic rings. The van der Waals surface area contributed by atoms with Crippen LogP contribution in [-0.2, 0) is 0 Å². The van der Waals surface area contributed by atoms with Gasteiger partial charge in [-0.05, 0) is 49.9 Å². The maximum absolute atomic E-state index is 12.6. The molecule has 0 aliphatic carbocycles. The Kier molecular flexibility index (Phi) is 4.20. The summed E-state index contributed by atoms with van der Waals surface area (Å²) in [5, 5.41) is 4.08. The highest BCUT2D eigenvalue weighted by atomic mass is 16.2. The number of hydrogen-bond acceptors (Lipinski definition) is 4. The maximum atomic E-state index is 12.6. The van der Waals surface area contributed by atoms with Crippen molar-refractivity contribution in [2.45, 2.75) is 25.8 Å². The molecule has 1 fully saturated rings. The number of carbonyl (C=O) groups excluding carboxylic acids is 1. The minimum Gasteiger partial charge on any atom is -0.338 e. The Bertz CT molecular complexity index is 620. The average molecular weight is 299 g/mol. The lowest BCUT2D eigenvalue weighted by molar-refractivity contribution is 0.0661. The minimum atomic E-state index is 0.0792. The van der Waals surface area contributed by atoms with E-state index >= 15 is 0 Å². The second-order valence-electron chi connectivity index (χ2n) is 5.90. The topological polar surface area (TPSA) is 77.0 Å². The number of nitrogens with two attached hydrogens (primary N) is 1. The Hall–Kier alpha value is -2.21. The zero-order chi connectivity index (χ0) is 15.5. The van der Waals surface area contributed by atoms with Crippen LogP contribution in [0.1, 0.15) is 30.1 Å². The molecular formula is C16H21N5O. The average Bonchev–Trinajstić information content (AvgIpc) is 3.09. The lowest BCUT2D eigenvalue weighted by Crippen LogP contribution is -2.45. The van der Waals surface area contributed by atoms with Crippen molar-refractivity contribution in [2.24, 2.45) is 11.7 Å². The predicted octanol–water partition coefficient (Wildman–Crippen LogP) is 1.47. The van der Waals surface area contributed by atoms with Gasteiger partial charge in [-0.15, -0.1) is 0 Å². The summed E-state index contributed by atoms with van der Waals surface area (Å²) in [5.41, 5.74) is 7.58. The summed E-state index contributed by atoms with van der Waals surface area (Å²) >= 11 is 0. The van der Waals surface area contributed by atoms with E-state index in [0.29, 0.717) is 11.5 Å². The molecule has 1 aromatic carbocycles. The number of nitrogens with zero attached hydrogens (tertiary/aromatic N) is 4. The van der Waals surface area contributed by atoms with E-state index in [1.807, 2.05) is 36.1 Å². The largest absolute Gasteiger partial charge is 0.338 e. The van der Waals surface area contributed by atoms with Crippen molar-refractivity contribution in [3.05, 3.63) is 42.5 Å². The molecule has 0 radical (unpaired) electrons. The summed E-state index contributed by atoms with van der Waals surface area (Å²) in [6.45, 7) is 3.58. The molecule has 0 saturated carbocycles. The van der Waals surface area contributed by atoms with Crippen LogP contribution in [0, 0.1) is 5.92 Å². The van der Waals surface area contributed by atoms with Gasteiger partial charge in [0.2, 0.25) is 0 Å². The van der Waals surface area contributed by atoms with Crippen LogP contribution in [-0.4, -0.2) is 44.7 Å². The molecule has 2 aromatic rings.